The molecule has 0 radical (unpaired) electrons. The summed E-state index contributed by atoms with van der Waals surface area (Å²) in [5, 5.41) is 3.30. The number of nitrogens with one attached hydrogen (secondary N) is 2. The molecule has 64 valence electrons. The van der Waals surface area contributed by atoms with Crippen molar-refractivity contribution in [1.82, 2.24) is 10.3 Å². The van der Waals surface area contributed by atoms with Crippen LogP contribution in [0.2, 0.25) is 0 Å². The van der Waals surface area contributed by atoms with E-state index in [4.69, 9.17) is 0 Å². The monoisotopic (exact) mass is 164 g/mol. The molecule has 3 nitrogen and oxygen atoms in total. The van der Waals surface area contributed by atoms with Crippen molar-refractivity contribution in [3.05, 3.63) is 33.7 Å². The van der Waals surface area contributed by atoms with Crippen molar-refractivity contribution < 1.29 is 0 Å². The summed E-state index contributed by atoms with van der Waals surface area (Å²) >= 11 is 0. The van der Waals surface area contributed by atoms with Gasteiger partial charge in [-0.05, 0) is 24.9 Å². The Balaban J connectivity index is 2.43. The maximum absolute atomic E-state index is 11.0. The van der Waals surface area contributed by atoms with Gasteiger partial charge in [0.2, 0.25) is 5.56 Å². The van der Waals surface area contributed by atoms with Gasteiger partial charge in [-0.3, -0.25) is 4.79 Å². The van der Waals surface area contributed by atoms with E-state index in [1.165, 1.54) is 5.56 Å². The lowest BCUT2D eigenvalue weighted by molar-refractivity contribution is 0.680. The molecule has 0 saturated carbocycles. The Morgan fingerprint density at radius 3 is 3.17 bits per heavy atom. The second kappa shape index (κ2) is 3.11. The lowest BCUT2D eigenvalue weighted by Gasteiger charge is -2.02. The van der Waals surface area contributed by atoms with Gasteiger partial charge >= 0.3 is 0 Å². The minimum absolute atomic E-state index is 0.00986. The van der Waals surface area contributed by atoms with Crippen LogP contribution in [0.1, 0.15) is 17.7 Å². The van der Waals surface area contributed by atoms with Gasteiger partial charge in [0.15, 0.2) is 0 Å². The van der Waals surface area contributed by atoms with E-state index in [1.807, 2.05) is 6.07 Å². The Kier molecular flexibility index (Phi) is 1.96. The third kappa shape index (κ3) is 1.41. The zero-order chi connectivity index (χ0) is 8.39. The van der Waals surface area contributed by atoms with Crippen molar-refractivity contribution in [2.75, 3.05) is 6.54 Å². The van der Waals surface area contributed by atoms with Crippen molar-refractivity contribution in [3.63, 3.8) is 0 Å². The zero-order valence-electron chi connectivity index (χ0n) is 6.89. The maximum atomic E-state index is 11.0. The van der Waals surface area contributed by atoms with Gasteiger partial charge in [0.05, 0.1) is 0 Å². The predicted octanol–water partition coefficient (Wildman–Crippen LogP) is 0.411. The molecular weight excluding hydrogens is 152 g/mol. The summed E-state index contributed by atoms with van der Waals surface area (Å²) in [4.78, 5) is 13.8. The molecule has 0 bridgehead atoms. The Morgan fingerprint density at radius 2 is 2.25 bits per heavy atom. The van der Waals surface area contributed by atoms with E-state index in [0.29, 0.717) is 0 Å². The van der Waals surface area contributed by atoms with Crippen molar-refractivity contribution in [3.8, 4) is 0 Å². The maximum Gasteiger partial charge on any atom is 0.248 e. The Labute approximate surface area is 70.8 Å². The van der Waals surface area contributed by atoms with Crippen LogP contribution in [0.4, 0.5) is 0 Å². The van der Waals surface area contributed by atoms with Gasteiger partial charge in [-0.2, -0.15) is 0 Å². The van der Waals surface area contributed by atoms with Crippen molar-refractivity contribution in [1.29, 1.82) is 0 Å². The fourth-order valence-electron chi connectivity index (χ4n) is 1.55. The normalized spacial score (nSPS) is 16.7. The highest BCUT2D eigenvalue weighted by Crippen LogP contribution is 2.08. The van der Waals surface area contributed by atoms with E-state index >= 15 is 0 Å². The van der Waals surface area contributed by atoms with Gasteiger partial charge < -0.3 is 10.3 Å². The third-order valence-electron chi connectivity index (χ3n) is 2.19. The van der Waals surface area contributed by atoms with E-state index in [0.717, 1.165) is 31.6 Å². The molecule has 0 atom stereocenters. The molecule has 0 amide bonds. The minimum Gasteiger partial charge on any atom is -0.326 e. The predicted molar refractivity (Wildman–Crippen MR) is 47.1 cm³/mol. The molecule has 1 aliphatic heterocycles. The van der Waals surface area contributed by atoms with Crippen LogP contribution >= 0.6 is 0 Å². The molecule has 2 rings (SSSR count). The number of hydrogen-bond acceptors (Lipinski definition) is 2. The number of aromatic amines is 1. The Morgan fingerprint density at radius 1 is 1.33 bits per heavy atom. The smallest absolute Gasteiger partial charge is 0.248 e. The first-order valence-electron chi connectivity index (χ1n) is 4.28. The first kappa shape index (κ1) is 7.55. The summed E-state index contributed by atoms with van der Waals surface area (Å²) in [5.74, 6) is 0. The van der Waals surface area contributed by atoms with Gasteiger partial charge in [-0.1, -0.05) is 6.07 Å². The molecular formula is C9H12N2O. The van der Waals surface area contributed by atoms with Gasteiger partial charge in [0.1, 0.15) is 0 Å². The molecule has 1 aliphatic rings. The molecule has 3 heteroatoms. The highest BCUT2D eigenvalue weighted by molar-refractivity contribution is 5.20. The quantitative estimate of drug-likeness (QED) is 0.583. The van der Waals surface area contributed by atoms with Crippen molar-refractivity contribution in [2.45, 2.75) is 19.4 Å². The lowest BCUT2D eigenvalue weighted by Crippen LogP contribution is -2.13. The summed E-state index contributed by atoms with van der Waals surface area (Å²) in [5.41, 5.74) is 2.34. The summed E-state index contributed by atoms with van der Waals surface area (Å²) < 4.78 is 0. The molecule has 0 saturated heterocycles. The topological polar surface area (TPSA) is 44.9 Å². The van der Waals surface area contributed by atoms with Gasteiger partial charge in [-0.25, -0.2) is 0 Å². The first-order chi connectivity index (χ1) is 5.86. The van der Waals surface area contributed by atoms with Crippen LogP contribution in [0.25, 0.3) is 0 Å². The number of H-pyrrole nitrogens is 1. The summed E-state index contributed by atoms with van der Waals surface area (Å²) in [6, 6.07) is 3.50. The summed E-state index contributed by atoms with van der Waals surface area (Å²) in [6.45, 7) is 1.92. The van der Waals surface area contributed by atoms with Crippen LogP contribution in [0.3, 0.4) is 0 Å². The molecule has 2 N–H and O–H groups in total. The highest BCUT2D eigenvalue weighted by atomic mass is 16.1. The standard InChI is InChI=1S/C9H12N2O/c12-9-4-3-7-6-10-5-1-2-8(7)11-9/h3-4,10H,1-2,5-6H2,(H,11,12). The molecule has 0 fully saturated rings. The second-order valence-corrected chi connectivity index (χ2v) is 3.11. The van der Waals surface area contributed by atoms with E-state index < -0.39 is 0 Å². The van der Waals surface area contributed by atoms with Gasteiger partial charge in [-0.15, -0.1) is 0 Å². The minimum atomic E-state index is 0.00986. The van der Waals surface area contributed by atoms with Crippen LogP contribution < -0.4 is 10.9 Å². The van der Waals surface area contributed by atoms with E-state index in [1.54, 1.807) is 6.07 Å². The van der Waals surface area contributed by atoms with Crippen LogP contribution in [0.15, 0.2) is 16.9 Å². The number of aromatic nitrogens is 1. The molecule has 2 heterocycles. The molecule has 1 aromatic rings. The summed E-state index contributed by atoms with van der Waals surface area (Å²) in [6.07, 6.45) is 2.09. The highest BCUT2D eigenvalue weighted by Gasteiger charge is 2.06. The number of aryl methyl sites for hydroxylation is 1. The largest absolute Gasteiger partial charge is 0.326 e. The van der Waals surface area contributed by atoms with Crippen LogP contribution in [-0.2, 0) is 13.0 Å². The average molecular weight is 164 g/mol. The van der Waals surface area contributed by atoms with Crippen LogP contribution in [0, 0.1) is 0 Å². The van der Waals surface area contributed by atoms with Crippen molar-refractivity contribution >= 4 is 0 Å². The number of pyridine rings is 1. The van der Waals surface area contributed by atoms with E-state index in [2.05, 4.69) is 10.3 Å². The first-order valence-corrected chi connectivity index (χ1v) is 4.28. The lowest BCUT2D eigenvalue weighted by atomic mass is 10.1. The summed E-state index contributed by atoms with van der Waals surface area (Å²) in [7, 11) is 0. The molecule has 0 aliphatic carbocycles. The van der Waals surface area contributed by atoms with Gasteiger partial charge in [0.25, 0.3) is 0 Å². The Bertz CT molecular complexity index is 330. The molecule has 0 aromatic carbocycles. The van der Waals surface area contributed by atoms with E-state index in [9.17, 15) is 4.79 Å². The fraction of sp³-hybridized carbons (Fsp3) is 0.444. The Hall–Kier alpha value is -1.09. The van der Waals surface area contributed by atoms with Crippen LogP contribution in [-0.4, -0.2) is 11.5 Å². The zero-order valence-corrected chi connectivity index (χ0v) is 6.89. The molecule has 12 heavy (non-hydrogen) atoms. The molecule has 0 unspecified atom stereocenters. The average Bonchev–Trinajstić information content (AvgIpc) is 2.28. The molecule has 0 spiro atoms. The van der Waals surface area contributed by atoms with Gasteiger partial charge in [0, 0.05) is 18.3 Å². The SMILES string of the molecule is O=c1ccc2c([nH]1)CCCNC2. The fourth-order valence-corrected chi connectivity index (χ4v) is 1.55. The van der Waals surface area contributed by atoms with Crippen molar-refractivity contribution in [2.24, 2.45) is 0 Å². The number of fused-ring (bicyclic) bond motifs is 1. The molecule has 1 aromatic heterocycles. The number of rotatable bonds is 0. The third-order valence-corrected chi connectivity index (χ3v) is 2.19. The van der Waals surface area contributed by atoms with E-state index in [-0.39, 0.29) is 5.56 Å². The van der Waals surface area contributed by atoms with Crippen LogP contribution in [0.5, 0.6) is 0 Å². The number of hydrogen-bond donors (Lipinski definition) is 2. The second-order valence-electron chi connectivity index (χ2n) is 3.11.